The number of amides is 1. The first kappa shape index (κ1) is 23.4. The second-order valence-electron chi connectivity index (χ2n) is 8.90. The number of para-hydroxylation sites is 1. The predicted molar refractivity (Wildman–Crippen MR) is 134 cm³/mol. The summed E-state index contributed by atoms with van der Waals surface area (Å²) in [6.45, 7) is 4.95. The van der Waals surface area contributed by atoms with Crippen LogP contribution < -0.4 is 4.74 Å². The smallest absolute Gasteiger partial charge is 0.233 e. The Bertz CT molecular complexity index is 1270. The molecule has 182 valence electrons. The monoisotopic (exact) mass is 491 g/mol. The number of hydrogen-bond donors (Lipinski definition) is 0. The molecule has 1 amide bonds. The van der Waals surface area contributed by atoms with Gasteiger partial charge >= 0.3 is 0 Å². The number of thioether (sulfide) groups is 1. The molecular formula is C26H29N5O3S. The number of fused-ring (bicyclic) bond motifs is 1. The largest absolute Gasteiger partial charge is 0.483 e. The van der Waals surface area contributed by atoms with E-state index in [1.807, 2.05) is 51.9 Å². The lowest BCUT2D eigenvalue weighted by Crippen LogP contribution is -2.48. The van der Waals surface area contributed by atoms with Crippen molar-refractivity contribution in [2.75, 3.05) is 5.75 Å². The van der Waals surface area contributed by atoms with Crippen molar-refractivity contribution in [3.63, 3.8) is 0 Å². The van der Waals surface area contributed by atoms with Gasteiger partial charge in [0.25, 0.3) is 0 Å². The second-order valence-corrected chi connectivity index (χ2v) is 9.85. The van der Waals surface area contributed by atoms with Crippen LogP contribution in [0.25, 0.3) is 10.9 Å². The summed E-state index contributed by atoms with van der Waals surface area (Å²) in [4.78, 5) is 19.5. The normalized spacial score (nSPS) is 18.2. The van der Waals surface area contributed by atoms with E-state index in [0.717, 1.165) is 29.5 Å². The minimum absolute atomic E-state index is 0.141. The molecule has 1 aliphatic heterocycles. The van der Waals surface area contributed by atoms with E-state index in [0.29, 0.717) is 29.0 Å². The molecule has 8 nitrogen and oxygen atoms in total. The molecular weight excluding hydrogens is 462 g/mol. The van der Waals surface area contributed by atoms with Crippen molar-refractivity contribution in [3.8, 4) is 5.75 Å². The molecule has 1 saturated heterocycles. The van der Waals surface area contributed by atoms with Crippen LogP contribution >= 0.6 is 11.8 Å². The van der Waals surface area contributed by atoms with E-state index < -0.39 is 0 Å². The average molecular weight is 492 g/mol. The second kappa shape index (κ2) is 10.5. The molecule has 4 aromatic rings. The number of aromatic nitrogens is 4. The van der Waals surface area contributed by atoms with E-state index in [2.05, 4.69) is 29.0 Å². The van der Waals surface area contributed by atoms with Crippen molar-refractivity contribution in [2.24, 2.45) is 0 Å². The fourth-order valence-corrected chi connectivity index (χ4v) is 5.52. The Morgan fingerprint density at radius 1 is 1.11 bits per heavy atom. The fourth-order valence-electron chi connectivity index (χ4n) is 4.70. The van der Waals surface area contributed by atoms with Crippen molar-refractivity contribution >= 4 is 28.6 Å². The zero-order valence-electron chi connectivity index (χ0n) is 20.0. The maximum absolute atomic E-state index is 13.1. The SMILES string of the molecule is C[C@H]1CCC[C@H](C)N1C(=O)CSc1nnc(COc2cccc3cccnc23)n1Cc1ccco1. The van der Waals surface area contributed by atoms with Crippen LogP contribution in [0.2, 0.25) is 0 Å². The molecule has 5 rings (SSSR count). The Labute approximate surface area is 208 Å². The number of benzene rings is 1. The number of hydrogen-bond acceptors (Lipinski definition) is 7. The molecule has 0 saturated carbocycles. The molecule has 0 bridgehead atoms. The Hall–Kier alpha value is -3.33. The molecule has 0 radical (unpaired) electrons. The van der Waals surface area contributed by atoms with E-state index in [-0.39, 0.29) is 24.6 Å². The number of pyridine rings is 1. The van der Waals surface area contributed by atoms with Gasteiger partial charge in [-0.3, -0.25) is 14.3 Å². The van der Waals surface area contributed by atoms with Crippen LogP contribution in [-0.2, 0) is 17.9 Å². The predicted octanol–water partition coefficient (Wildman–Crippen LogP) is 4.93. The molecule has 0 N–H and O–H groups in total. The van der Waals surface area contributed by atoms with Gasteiger partial charge in [0.1, 0.15) is 23.6 Å². The highest BCUT2D eigenvalue weighted by Gasteiger charge is 2.29. The zero-order chi connectivity index (χ0) is 24.2. The topological polar surface area (TPSA) is 86.3 Å². The van der Waals surface area contributed by atoms with Crippen LogP contribution in [0.4, 0.5) is 0 Å². The minimum atomic E-state index is 0.141. The number of nitrogens with zero attached hydrogens (tertiary/aromatic N) is 5. The fraction of sp³-hybridized carbons (Fsp3) is 0.385. The van der Waals surface area contributed by atoms with Gasteiger partial charge in [0.05, 0.1) is 18.6 Å². The van der Waals surface area contributed by atoms with Gasteiger partial charge in [-0.25, -0.2) is 0 Å². The number of furan rings is 1. The van der Waals surface area contributed by atoms with E-state index in [4.69, 9.17) is 9.15 Å². The van der Waals surface area contributed by atoms with Gasteiger partial charge < -0.3 is 14.1 Å². The van der Waals surface area contributed by atoms with Gasteiger partial charge in [0.15, 0.2) is 11.0 Å². The molecule has 2 atom stereocenters. The van der Waals surface area contributed by atoms with Gasteiger partial charge in [-0.2, -0.15) is 0 Å². The molecule has 3 aromatic heterocycles. The zero-order valence-corrected chi connectivity index (χ0v) is 20.8. The molecule has 4 heterocycles. The lowest BCUT2D eigenvalue weighted by Gasteiger charge is -2.39. The van der Waals surface area contributed by atoms with Gasteiger partial charge in [-0.15, -0.1) is 10.2 Å². The summed E-state index contributed by atoms with van der Waals surface area (Å²) >= 11 is 1.41. The Balaban J connectivity index is 1.33. The minimum Gasteiger partial charge on any atom is -0.483 e. The first-order valence-corrected chi connectivity index (χ1v) is 12.9. The van der Waals surface area contributed by atoms with Crippen LogP contribution in [0.15, 0.2) is 64.5 Å². The number of piperidine rings is 1. The highest BCUT2D eigenvalue weighted by Crippen LogP contribution is 2.27. The number of likely N-dealkylation sites (tertiary alicyclic amines) is 1. The molecule has 1 fully saturated rings. The summed E-state index contributed by atoms with van der Waals surface area (Å²) in [6.07, 6.45) is 6.68. The lowest BCUT2D eigenvalue weighted by molar-refractivity contribution is -0.134. The quantitative estimate of drug-likeness (QED) is 0.323. The summed E-state index contributed by atoms with van der Waals surface area (Å²) in [7, 11) is 0. The van der Waals surface area contributed by atoms with Crippen molar-refractivity contribution in [1.82, 2.24) is 24.6 Å². The summed E-state index contributed by atoms with van der Waals surface area (Å²) in [5.74, 6) is 2.59. The molecule has 35 heavy (non-hydrogen) atoms. The van der Waals surface area contributed by atoms with Crippen molar-refractivity contribution in [2.45, 2.75) is 63.5 Å². The van der Waals surface area contributed by atoms with Gasteiger partial charge in [0, 0.05) is 23.7 Å². The maximum atomic E-state index is 13.1. The number of rotatable bonds is 8. The van der Waals surface area contributed by atoms with Crippen LogP contribution in [0.1, 0.15) is 44.7 Å². The summed E-state index contributed by atoms with van der Waals surface area (Å²) in [5.41, 5.74) is 0.803. The standard InChI is InChI=1S/C26H29N5O3S/c1-18-7-3-8-19(2)31(18)24(32)17-35-26-29-28-23(30(26)15-21-11-6-14-33-21)16-34-22-12-4-9-20-10-5-13-27-25(20)22/h4-6,9-14,18-19H,3,7-8,15-17H2,1-2H3/t18-,19-/m0/s1. The third-order valence-electron chi connectivity index (χ3n) is 6.45. The van der Waals surface area contributed by atoms with Crippen LogP contribution in [0.3, 0.4) is 0 Å². The van der Waals surface area contributed by atoms with Crippen LogP contribution in [0, 0.1) is 0 Å². The first-order valence-electron chi connectivity index (χ1n) is 11.9. The summed E-state index contributed by atoms with van der Waals surface area (Å²) in [5, 5.41) is 10.5. The molecule has 0 unspecified atom stereocenters. The van der Waals surface area contributed by atoms with Crippen molar-refractivity contribution in [1.29, 1.82) is 0 Å². The van der Waals surface area contributed by atoms with E-state index >= 15 is 0 Å². The summed E-state index contributed by atoms with van der Waals surface area (Å²) in [6, 6.07) is 14.1. The lowest BCUT2D eigenvalue weighted by atomic mass is 9.98. The van der Waals surface area contributed by atoms with E-state index in [1.165, 1.54) is 18.2 Å². The Morgan fingerprint density at radius 3 is 2.74 bits per heavy atom. The van der Waals surface area contributed by atoms with E-state index in [1.54, 1.807) is 12.5 Å². The van der Waals surface area contributed by atoms with Crippen molar-refractivity contribution in [3.05, 3.63) is 66.5 Å². The number of carbonyl (C=O) groups excluding carboxylic acids is 1. The third-order valence-corrected chi connectivity index (χ3v) is 7.40. The average Bonchev–Trinajstić information content (AvgIpc) is 3.51. The molecule has 1 aromatic carbocycles. The maximum Gasteiger partial charge on any atom is 0.233 e. The van der Waals surface area contributed by atoms with Crippen LogP contribution in [0.5, 0.6) is 5.75 Å². The summed E-state index contributed by atoms with van der Waals surface area (Å²) < 4.78 is 13.7. The third kappa shape index (κ3) is 5.19. The number of carbonyl (C=O) groups is 1. The highest BCUT2D eigenvalue weighted by atomic mass is 32.2. The molecule has 9 heteroatoms. The van der Waals surface area contributed by atoms with Gasteiger partial charge in [0.2, 0.25) is 5.91 Å². The van der Waals surface area contributed by atoms with E-state index in [9.17, 15) is 4.79 Å². The molecule has 0 spiro atoms. The molecule has 1 aliphatic rings. The van der Waals surface area contributed by atoms with Gasteiger partial charge in [-0.05, 0) is 57.4 Å². The first-order chi connectivity index (χ1) is 17.1. The highest BCUT2D eigenvalue weighted by molar-refractivity contribution is 7.99. The van der Waals surface area contributed by atoms with Crippen molar-refractivity contribution < 1.29 is 13.9 Å². The molecule has 0 aliphatic carbocycles. The number of ether oxygens (including phenoxy) is 1. The Kier molecular flexibility index (Phi) is 7.03. The Morgan fingerprint density at radius 2 is 1.94 bits per heavy atom. The van der Waals surface area contributed by atoms with Gasteiger partial charge in [-0.1, -0.05) is 30.0 Å². The van der Waals surface area contributed by atoms with Crippen LogP contribution in [-0.4, -0.2) is 48.4 Å².